The zero-order valence-corrected chi connectivity index (χ0v) is 64.0. The first-order valence-corrected chi connectivity index (χ1v) is 37.0. The molecule has 2 aromatic rings. The molecule has 2 saturated carbocycles. The largest absolute Gasteiger partial charge is 0.422 e. The van der Waals surface area contributed by atoms with Crippen LogP contribution in [0.15, 0.2) is 48.6 Å². The molecule has 12 amide bonds. The number of rotatable bonds is 15. The highest BCUT2D eigenvalue weighted by molar-refractivity contribution is 6.01. The Labute approximate surface area is 630 Å². The summed E-state index contributed by atoms with van der Waals surface area (Å²) in [5.74, 6) is -15.3. The third kappa shape index (κ3) is 21.0. The predicted molar refractivity (Wildman–Crippen MR) is 380 cm³/mol. The first kappa shape index (κ1) is 87.4. The number of amides is 12. The first-order chi connectivity index (χ1) is 51.2. The van der Waals surface area contributed by atoms with Crippen LogP contribution < -0.4 is 16.0 Å². The van der Waals surface area contributed by atoms with Gasteiger partial charge in [-0.15, -0.1) is 0 Å². The van der Waals surface area contributed by atoms with Gasteiger partial charge in [-0.05, 0) is 118 Å². The fourth-order valence-corrected chi connectivity index (χ4v) is 15.1. The monoisotopic (exact) mass is 1550 g/mol. The second-order valence-corrected chi connectivity index (χ2v) is 29.3. The predicted octanol–water partition coefficient (Wildman–Crippen LogP) is 5.12. The zero-order chi connectivity index (χ0) is 80.9. The molecule has 2 saturated heterocycles. The number of hydrogen-bond acceptors (Lipinski definition) is 14. The van der Waals surface area contributed by atoms with E-state index in [1.807, 2.05) is 0 Å². The molecule has 3 heterocycles. The minimum absolute atomic E-state index is 0.00763. The van der Waals surface area contributed by atoms with Crippen molar-refractivity contribution in [1.82, 2.24) is 60.0 Å². The molecule has 5 aliphatic rings. The van der Waals surface area contributed by atoms with Crippen LogP contribution in [0.3, 0.4) is 0 Å². The summed E-state index contributed by atoms with van der Waals surface area (Å²) in [5, 5.41) is 8.22. The van der Waals surface area contributed by atoms with E-state index in [9.17, 15) is 55.1 Å². The molecule has 2 aromatic carbocycles. The zero-order valence-electron chi connectivity index (χ0n) is 64.0. The number of nitrogens with zero attached hydrogens (tertiary/aromatic N) is 9. The molecule has 7 rings (SSSR count). The summed E-state index contributed by atoms with van der Waals surface area (Å²) in [6, 6.07) is -7.44. The van der Waals surface area contributed by atoms with Crippen LogP contribution >= 0.6 is 0 Å². The molecule has 604 valence electrons. The summed E-state index contributed by atoms with van der Waals surface area (Å²) < 4.78 is 125. The molecule has 2 bridgehead atoms. The number of carbonyl (C=O) groups is 12. The van der Waals surface area contributed by atoms with Crippen molar-refractivity contribution in [3.63, 3.8) is 0 Å². The molecule has 1 spiro atoms. The van der Waals surface area contributed by atoms with Gasteiger partial charge < -0.3 is 69.5 Å². The lowest BCUT2D eigenvalue weighted by atomic mass is 9.74. The van der Waals surface area contributed by atoms with Gasteiger partial charge in [-0.1, -0.05) is 64.3 Å². The fraction of sp³-hybridized carbons (Fsp3) is 0.653. The molecule has 26 nitrogen and oxygen atoms in total. The van der Waals surface area contributed by atoms with E-state index in [1.165, 1.54) is 59.2 Å². The number of fused-ring (bicyclic) bond motifs is 3. The van der Waals surface area contributed by atoms with Gasteiger partial charge in [0.05, 0.1) is 37.8 Å². The molecule has 10 atom stereocenters. The number of ether oxygens (including phenoxy) is 2. The number of halogens is 8. The van der Waals surface area contributed by atoms with Crippen LogP contribution in [0.1, 0.15) is 140 Å². The lowest BCUT2D eigenvalue weighted by Gasteiger charge is -2.46. The van der Waals surface area contributed by atoms with Gasteiger partial charge in [-0.2, -0.15) is 26.3 Å². The van der Waals surface area contributed by atoms with Crippen LogP contribution in [0, 0.1) is 23.5 Å². The molecule has 3 N–H and O–H groups in total. The summed E-state index contributed by atoms with van der Waals surface area (Å²) >= 11 is 0. The van der Waals surface area contributed by atoms with Crippen LogP contribution in [0.4, 0.5) is 35.1 Å². The third-order valence-electron chi connectivity index (χ3n) is 22.0. The number of benzene rings is 2. The Balaban J connectivity index is 1.35. The molecule has 4 fully saturated rings. The Morgan fingerprint density at radius 3 is 1.89 bits per heavy atom. The summed E-state index contributed by atoms with van der Waals surface area (Å²) in [6.45, 7) is 4.54. The lowest BCUT2D eigenvalue weighted by Crippen LogP contribution is -2.68. The van der Waals surface area contributed by atoms with E-state index in [0.717, 1.165) is 65.6 Å². The number of carbonyl (C=O) groups excluding carboxylic acids is 12. The molecule has 109 heavy (non-hydrogen) atoms. The van der Waals surface area contributed by atoms with Crippen molar-refractivity contribution in [2.45, 2.75) is 203 Å². The van der Waals surface area contributed by atoms with Crippen molar-refractivity contribution < 1.29 is 102 Å². The van der Waals surface area contributed by atoms with Crippen molar-refractivity contribution in [2.24, 2.45) is 11.8 Å². The number of likely N-dealkylation sites (N-methyl/N-ethyl adjacent to an activating group) is 7. The summed E-state index contributed by atoms with van der Waals surface area (Å²) in [5.41, 5.74) is -5.27. The van der Waals surface area contributed by atoms with Crippen LogP contribution in [0.5, 0.6) is 0 Å². The maximum atomic E-state index is 15.6. The fourth-order valence-electron chi connectivity index (χ4n) is 15.1. The molecule has 3 aliphatic heterocycles. The quantitative estimate of drug-likeness (QED) is 0.154. The lowest BCUT2D eigenvalue weighted by molar-refractivity contribution is -0.158. The van der Waals surface area contributed by atoms with Crippen molar-refractivity contribution in [3.05, 3.63) is 82.4 Å². The minimum Gasteiger partial charge on any atom is -0.383 e. The minimum atomic E-state index is -5.46. The second kappa shape index (κ2) is 37.7. The molecular weight excluding hydrogens is 1440 g/mol. The maximum absolute atomic E-state index is 15.6. The number of hydrogen-bond donors (Lipinski definition) is 3. The maximum Gasteiger partial charge on any atom is 0.422 e. The summed E-state index contributed by atoms with van der Waals surface area (Å²) in [7, 11) is 10.6. The number of alkyl halides is 6. The molecule has 0 aromatic heterocycles. The molecule has 2 aliphatic carbocycles. The average molecular weight is 1550 g/mol. The summed E-state index contributed by atoms with van der Waals surface area (Å²) in [6.07, 6.45) is -7.67. The topological polar surface area (TPSA) is 289 Å². The van der Waals surface area contributed by atoms with Crippen molar-refractivity contribution in [1.29, 1.82) is 0 Å². The van der Waals surface area contributed by atoms with E-state index in [4.69, 9.17) is 9.47 Å². The van der Waals surface area contributed by atoms with Crippen LogP contribution in [0.2, 0.25) is 0 Å². The SMILES string of the molecule is CCO[C@@H]1C[C@H]2C(=O)NC3(CCC3)C(=O)N(C)[C@@H](C3CCCC3)C(=O)N(C)[C@H](C(=O)N(C)CCOC)CC(=O)N(C)[C@@H](CC)C(=O)N[C@@H]([C@@H](C)CC)C(=O)N(C)CC(=O)N(C)[C@H]3C/C=C\CCN(C3=O)[C@@H](Cc3ccc(C(F)(F)F)cc3)C(=O)N(C)CC(=O)N[C@@H](CCc3cc(F)c(C(F)(F)F)c(F)c3)C(=O)N2C1. The Morgan fingerprint density at radius 1 is 0.688 bits per heavy atom. The van der Waals surface area contributed by atoms with Gasteiger partial charge >= 0.3 is 12.4 Å². The van der Waals surface area contributed by atoms with E-state index < -0.39 is 222 Å². The Kier molecular flexibility index (Phi) is 30.3. The molecular formula is C75H104F8N12O14. The highest BCUT2D eigenvalue weighted by Crippen LogP contribution is 2.40. The van der Waals surface area contributed by atoms with Crippen molar-refractivity contribution in [3.8, 4) is 0 Å². The number of nitrogens with one attached hydrogen (secondary N) is 3. The van der Waals surface area contributed by atoms with Crippen molar-refractivity contribution in [2.75, 3.05) is 102 Å². The highest BCUT2D eigenvalue weighted by Gasteiger charge is 2.54. The summed E-state index contributed by atoms with van der Waals surface area (Å²) in [4.78, 5) is 191. The van der Waals surface area contributed by atoms with E-state index in [-0.39, 0.29) is 76.9 Å². The van der Waals surface area contributed by atoms with Gasteiger partial charge in [-0.3, -0.25) is 57.5 Å². The van der Waals surface area contributed by atoms with Crippen LogP contribution in [0.25, 0.3) is 0 Å². The highest BCUT2D eigenvalue weighted by atomic mass is 19.4. The van der Waals surface area contributed by atoms with E-state index >= 15 is 37.5 Å². The molecule has 0 unspecified atom stereocenters. The number of methoxy groups -OCH3 is 1. The normalized spacial score (nSPS) is 25.9. The number of aryl methyl sites for hydroxylation is 1. The molecule has 34 heteroatoms. The van der Waals surface area contributed by atoms with Gasteiger partial charge in [0, 0.05) is 95.5 Å². The van der Waals surface area contributed by atoms with Gasteiger partial charge in [-0.25, -0.2) is 8.78 Å². The van der Waals surface area contributed by atoms with Crippen LogP contribution in [-0.2, 0) is 92.2 Å². The van der Waals surface area contributed by atoms with Crippen molar-refractivity contribution >= 4 is 70.9 Å². The smallest absolute Gasteiger partial charge is 0.383 e. The van der Waals surface area contributed by atoms with Gasteiger partial charge in [0.1, 0.15) is 71.1 Å². The Bertz CT molecular complexity index is 3650. The van der Waals surface area contributed by atoms with E-state index in [2.05, 4.69) is 16.0 Å². The Hall–Kier alpha value is -8.82. The van der Waals surface area contributed by atoms with Gasteiger partial charge in [0.2, 0.25) is 70.9 Å². The van der Waals surface area contributed by atoms with E-state index in [1.54, 1.807) is 39.8 Å². The van der Waals surface area contributed by atoms with Gasteiger partial charge in [0.15, 0.2) is 0 Å². The van der Waals surface area contributed by atoms with E-state index in [0.29, 0.717) is 50.7 Å². The average Bonchev–Trinajstić information content (AvgIpc) is 1.72. The first-order valence-electron chi connectivity index (χ1n) is 37.0. The van der Waals surface area contributed by atoms with Gasteiger partial charge in [0.25, 0.3) is 0 Å². The standard InChI is InChI=1S/C75H104F8N12O14/c1-13-44(4)62-70(105)89(7)43-60(98)91(9)54-24-17-16-20-33-94(69(54)104)57(38-45-25-28-48(29-26-45)74(78,79)80)68(103)88(6)42-58(96)84-52(30-27-46-36-50(76)61(51(77)37-46)75(81,82)83)66(101)95-41-49(109-15-3)39-55(95)65(100)86-73(31-21-32-73)72(107)93(11)63(47-22-18-19-23-47)71(106)92(10)56(67(102)87(5)34-35-108-12)40-59(97)90(8)53(14-2)64(99)85-62/h16-17,25-26,28-29,36-37,44,47,49,52-57,62-63H,13-15,18-24,27,30-35,38-43H2,1-12H3,(H,84,96)(H,85,99)(H,86,100)/b17-16-/t44-,49+,52-,53-,54-,55-,56-,57-,62-,63-/m0/s1. The third-order valence-corrected chi connectivity index (χ3v) is 22.0. The Morgan fingerprint density at radius 2 is 1.32 bits per heavy atom. The van der Waals surface area contributed by atoms with Crippen LogP contribution in [-0.4, -0.2) is 277 Å². The molecule has 0 radical (unpaired) electrons. The second-order valence-electron chi connectivity index (χ2n) is 29.3.